The first-order valence-corrected chi connectivity index (χ1v) is 4.87. The average Bonchev–Trinajstić information content (AvgIpc) is 2.49. The first-order valence-electron chi connectivity index (χ1n) is 4.87. The Balaban J connectivity index is 2.60. The molecule has 80 valence electrons. The van der Waals surface area contributed by atoms with Crippen molar-refractivity contribution in [2.75, 3.05) is 0 Å². The van der Waals surface area contributed by atoms with Gasteiger partial charge in [-0.3, -0.25) is 0 Å². The normalized spacial score (nSPS) is 15.9. The zero-order valence-electron chi connectivity index (χ0n) is 8.90. The number of aliphatic hydroxyl groups excluding tert-OH is 1. The van der Waals surface area contributed by atoms with Gasteiger partial charge in [-0.15, -0.1) is 0 Å². The highest BCUT2D eigenvalue weighted by molar-refractivity contribution is 5.08. The van der Waals surface area contributed by atoms with Crippen LogP contribution in [0, 0.1) is 12.8 Å². The molecule has 0 bridgehead atoms. The predicted octanol–water partition coefficient (Wildman–Crippen LogP) is 1.39. The van der Waals surface area contributed by atoms with E-state index in [1.54, 1.807) is 13.0 Å². The quantitative estimate of drug-likeness (QED) is 0.766. The van der Waals surface area contributed by atoms with Gasteiger partial charge in [0.15, 0.2) is 0 Å². The summed E-state index contributed by atoms with van der Waals surface area (Å²) in [6.07, 6.45) is 0.0439. The molecule has 0 amide bonds. The van der Waals surface area contributed by atoms with Crippen molar-refractivity contribution in [1.29, 1.82) is 0 Å². The largest absolute Gasteiger partial charge is 0.385 e. The van der Waals surface area contributed by atoms with E-state index in [1.165, 1.54) is 0 Å². The number of hydrogen-bond donors (Lipinski definition) is 2. The summed E-state index contributed by atoms with van der Waals surface area (Å²) < 4.78 is 4.88. The topological polar surface area (TPSA) is 72.3 Å². The molecule has 4 nitrogen and oxygen atoms in total. The molecule has 1 heterocycles. The zero-order valence-corrected chi connectivity index (χ0v) is 8.90. The maximum absolute atomic E-state index is 9.80. The Labute approximate surface area is 84.1 Å². The van der Waals surface area contributed by atoms with Crippen LogP contribution in [0.2, 0.25) is 0 Å². The summed E-state index contributed by atoms with van der Waals surface area (Å²) in [7, 11) is 0. The Morgan fingerprint density at radius 2 is 2.21 bits per heavy atom. The summed E-state index contributed by atoms with van der Waals surface area (Å²) in [5, 5.41) is 13.5. The van der Waals surface area contributed by atoms with Crippen molar-refractivity contribution in [2.24, 2.45) is 11.7 Å². The number of hydrogen-bond acceptors (Lipinski definition) is 4. The van der Waals surface area contributed by atoms with Crippen molar-refractivity contribution >= 4 is 0 Å². The maximum atomic E-state index is 9.80. The molecule has 1 aromatic heterocycles. The van der Waals surface area contributed by atoms with E-state index in [-0.39, 0.29) is 6.04 Å². The number of aryl methyl sites for hydroxylation is 1. The second kappa shape index (κ2) is 4.57. The van der Waals surface area contributed by atoms with E-state index in [9.17, 15) is 5.11 Å². The van der Waals surface area contributed by atoms with Gasteiger partial charge in [-0.2, -0.15) is 0 Å². The van der Waals surface area contributed by atoms with Crippen molar-refractivity contribution < 1.29 is 9.63 Å². The Bertz CT molecular complexity index is 283. The lowest BCUT2D eigenvalue weighted by Crippen LogP contribution is -2.30. The van der Waals surface area contributed by atoms with Gasteiger partial charge in [0.2, 0.25) is 0 Å². The van der Waals surface area contributed by atoms with Crippen LogP contribution in [0.3, 0.4) is 0 Å². The van der Waals surface area contributed by atoms with Crippen molar-refractivity contribution in [3.05, 3.63) is 17.5 Å². The first kappa shape index (κ1) is 11.2. The van der Waals surface area contributed by atoms with Gasteiger partial charge in [0.05, 0.1) is 0 Å². The maximum Gasteiger partial charge on any atom is 0.134 e. The zero-order chi connectivity index (χ0) is 10.7. The van der Waals surface area contributed by atoms with Crippen LogP contribution in [0.4, 0.5) is 0 Å². The van der Waals surface area contributed by atoms with Gasteiger partial charge in [-0.25, -0.2) is 0 Å². The van der Waals surface area contributed by atoms with Gasteiger partial charge in [-0.05, 0) is 19.3 Å². The van der Waals surface area contributed by atoms with E-state index in [4.69, 9.17) is 10.3 Å². The van der Waals surface area contributed by atoms with Crippen LogP contribution in [-0.2, 0) is 0 Å². The second-order valence-corrected chi connectivity index (χ2v) is 4.10. The van der Waals surface area contributed by atoms with Gasteiger partial charge in [-0.1, -0.05) is 19.0 Å². The van der Waals surface area contributed by atoms with Crippen molar-refractivity contribution in [1.82, 2.24) is 5.16 Å². The van der Waals surface area contributed by atoms with Crippen LogP contribution in [0.5, 0.6) is 0 Å². The number of aromatic nitrogens is 1. The molecule has 0 saturated carbocycles. The summed E-state index contributed by atoms with van der Waals surface area (Å²) in [5.74, 6) is 1.16. The standard InChI is InChI=1S/C10H18N2O2/c1-6(2)4-8(11)10(13)9-5-7(3)14-12-9/h5-6,8,10,13H,4,11H2,1-3H3. The SMILES string of the molecule is Cc1cc(C(O)C(N)CC(C)C)no1. The summed E-state index contributed by atoms with van der Waals surface area (Å²) in [6.45, 7) is 5.93. The minimum Gasteiger partial charge on any atom is -0.385 e. The molecular formula is C10H18N2O2. The molecule has 0 radical (unpaired) electrons. The number of aliphatic hydroxyl groups is 1. The summed E-state index contributed by atoms with van der Waals surface area (Å²) in [5.41, 5.74) is 6.35. The highest BCUT2D eigenvalue weighted by Crippen LogP contribution is 2.19. The van der Waals surface area contributed by atoms with Gasteiger partial charge in [0.1, 0.15) is 17.6 Å². The van der Waals surface area contributed by atoms with Crippen molar-refractivity contribution in [3.8, 4) is 0 Å². The Morgan fingerprint density at radius 1 is 1.57 bits per heavy atom. The molecule has 14 heavy (non-hydrogen) atoms. The lowest BCUT2D eigenvalue weighted by Gasteiger charge is -2.18. The number of nitrogens with zero attached hydrogens (tertiary/aromatic N) is 1. The molecule has 1 rings (SSSR count). The third-order valence-corrected chi connectivity index (χ3v) is 2.10. The molecule has 0 aromatic carbocycles. The third-order valence-electron chi connectivity index (χ3n) is 2.10. The van der Waals surface area contributed by atoms with E-state index in [0.29, 0.717) is 17.4 Å². The van der Waals surface area contributed by atoms with Crippen LogP contribution in [0.15, 0.2) is 10.6 Å². The Morgan fingerprint density at radius 3 is 2.64 bits per heavy atom. The molecule has 4 heteroatoms. The summed E-state index contributed by atoms with van der Waals surface area (Å²) in [4.78, 5) is 0. The van der Waals surface area contributed by atoms with Crippen LogP contribution in [0.1, 0.15) is 37.8 Å². The molecule has 0 aliphatic heterocycles. The van der Waals surface area contributed by atoms with E-state index >= 15 is 0 Å². The minimum absolute atomic E-state index is 0.278. The van der Waals surface area contributed by atoms with Crippen molar-refractivity contribution in [3.63, 3.8) is 0 Å². The van der Waals surface area contributed by atoms with Crippen LogP contribution in [-0.4, -0.2) is 16.3 Å². The van der Waals surface area contributed by atoms with Crippen molar-refractivity contribution in [2.45, 2.75) is 39.3 Å². The van der Waals surface area contributed by atoms with Gasteiger partial charge >= 0.3 is 0 Å². The molecule has 2 atom stereocenters. The molecule has 0 spiro atoms. The highest BCUT2D eigenvalue weighted by atomic mass is 16.5. The number of nitrogens with two attached hydrogens (primary N) is 1. The average molecular weight is 198 g/mol. The molecule has 3 N–H and O–H groups in total. The molecule has 0 aliphatic rings. The fourth-order valence-corrected chi connectivity index (χ4v) is 1.42. The lowest BCUT2D eigenvalue weighted by molar-refractivity contribution is 0.127. The predicted molar refractivity (Wildman–Crippen MR) is 53.6 cm³/mol. The molecule has 1 aromatic rings. The summed E-state index contributed by atoms with van der Waals surface area (Å²) >= 11 is 0. The molecule has 0 aliphatic carbocycles. The van der Waals surface area contributed by atoms with Gasteiger partial charge < -0.3 is 15.4 Å². The molecule has 0 fully saturated rings. The first-order chi connectivity index (χ1) is 6.50. The van der Waals surface area contributed by atoms with E-state index in [0.717, 1.165) is 6.42 Å². The van der Waals surface area contributed by atoms with Gasteiger partial charge in [0, 0.05) is 12.1 Å². The van der Waals surface area contributed by atoms with E-state index in [1.807, 2.05) is 0 Å². The summed E-state index contributed by atoms with van der Waals surface area (Å²) in [6, 6.07) is 1.43. The molecule has 2 unspecified atom stereocenters. The van der Waals surface area contributed by atoms with Crippen LogP contribution < -0.4 is 5.73 Å². The number of rotatable bonds is 4. The van der Waals surface area contributed by atoms with Crippen LogP contribution in [0.25, 0.3) is 0 Å². The molecular weight excluding hydrogens is 180 g/mol. The monoisotopic (exact) mass is 198 g/mol. The fraction of sp³-hybridized carbons (Fsp3) is 0.700. The smallest absolute Gasteiger partial charge is 0.134 e. The highest BCUT2D eigenvalue weighted by Gasteiger charge is 2.20. The Hall–Kier alpha value is -0.870. The van der Waals surface area contributed by atoms with E-state index < -0.39 is 6.10 Å². The van der Waals surface area contributed by atoms with E-state index in [2.05, 4.69) is 19.0 Å². The molecule has 0 saturated heterocycles. The Kier molecular flexibility index (Phi) is 3.66. The third kappa shape index (κ3) is 2.82. The fourth-order valence-electron chi connectivity index (χ4n) is 1.42. The second-order valence-electron chi connectivity index (χ2n) is 4.10. The van der Waals surface area contributed by atoms with Crippen LogP contribution >= 0.6 is 0 Å². The lowest BCUT2D eigenvalue weighted by atomic mass is 9.98. The van der Waals surface area contributed by atoms with Gasteiger partial charge in [0.25, 0.3) is 0 Å². The minimum atomic E-state index is -0.727.